The van der Waals surface area contributed by atoms with E-state index in [4.69, 9.17) is 0 Å². The third-order valence-electron chi connectivity index (χ3n) is 1.90. The molecule has 0 aliphatic rings. The Labute approximate surface area is 67.1 Å². The lowest BCUT2D eigenvalue weighted by atomic mass is 10.1. The average Bonchev–Trinajstić information content (AvgIpc) is 1.99. The van der Waals surface area contributed by atoms with E-state index in [2.05, 4.69) is 6.92 Å². The molecular formula is C10H13F. The molecule has 0 radical (unpaired) electrons. The second-order valence-electron chi connectivity index (χ2n) is 2.90. The molecule has 0 amide bonds. The van der Waals surface area contributed by atoms with Crippen LogP contribution in [0.5, 0.6) is 0 Å². The lowest BCUT2D eigenvalue weighted by Gasteiger charge is -2.03. The summed E-state index contributed by atoms with van der Waals surface area (Å²) in [5.74, 6) is -0.0674. The van der Waals surface area contributed by atoms with Crippen LogP contribution >= 0.6 is 0 Å². The zero-order valence-corrected chi connectivity index (χ0v) is 7.24. The van der Waals surface area contributed by atoms with Crippen LogP contribution in [-0.2, 0) is 6.42 Å². The number of aryl methyl sites for hydroxylation is 3. The highest BCUT2D eigenvalue weighted by Crippen LogP contribution is 2.14. The Morgan fingerprint density at radius 1 is 1.18 bits per heavy atom. The summed E-state index contributed by atoms with van der Waals surface area (Å²) in [6.45, 7) is 5.69. The second kappa shape index (κ2) is 3.04. The maximum absolute atomic E-state index is 13.0. The van der Waals surface area contributed by atoms with Crippen LogP contribution < -0.4 is 0 Å². The first-order valence-corrected chi connectivity index (χ1v) is 3.90. The maximum Gasteiger partial charge on any atom is 0.129 e. The highest BCUT2D eigenvalue weighted by Gasteiger charge is 2.01. The summed E-state index contributed by atoms with van der Waals surface area (Å²) in [5.41, 5.74) is 2.71. The van der Waals surface area contributed by atoms with E-state index < -0.39 is 0 Å². The number of halogens is 1. The Morgan fingerprint density at radius 2 is 1.64 bits per heavy atom. The summed E-state index contributed by atoms with van der Waals surface area (Å²) in [6, 6.07) is 3.81. The second-order valence-corrected chi connectivity index (χ2v) is 2.90. The molecule has 0 nitrogen and oxygen atoms in total. The quantitative estimate of drug-likeness (QED) is 0.580. The van der Waals surface area contributed by atoms with Crippen molar-refractivity contribution in [2.75, 3.05) is 0 Å². The van der Waals surface area contributed by atoms with Crippen LogP contribution in [0.3, 0.4) is 0 Å². The van der Waals surface area contributed by atoms with Gasteiger partial charge in [0, 0.05) is 0 Å². The Hall–Kier alpha value is -0.850. The fraction of sp³-hybridized carbons (Fsp3) is 0.400. The Balaban J connectivity index is 3.21. The number of hydrogen-bond donors (Lipinski definition) is 0. The van der Waals surface area contributed by atoms with E-state index in [1.165, 1.54) is 5.56 Å². The number of benzene rings is 1. The van der Waals surface area contributed by atoms with Crippen LogP contribution in [0.4, 0.5) is 4.39 Å². The molecule has 11 heavy (non-hydrogen) atoms. The Bertz CT molecular complexity index is 241. The van der Waals surface area contributed by atoms with E-state index >= 15 is 0 Å². The van der Waals surface area contributed by atoms with Crippen molar-refractivity contribution < 1.29 is 4.39 Å². The molecule has 0 unspecified atom stereocenters. The van der Waals surface area contributed by atoms with Crippen LogP contribution in [0.25, 0.3) is 0 Å². The van der Waals surface area contributed by atoms with Gasteiger partial charge in [-0.3, -0.25) is 0 Å². The van der Waals surface area contributed by atoms with Gasteiger partial charge in [0.15, 0.2) is 0 Å². The van der Waals surface area contributed by atoms with Gasteiger partial charge in [-0.1, -0.05) is 19.1 Å². The van der Waals surface area contributed by atoms with Crippen molar-refractivity contribution in [2.45, 2.75) is 27.2 Å². The molecule has 0 heterocycles. The lowest BCUT2D eigenvalue weighted by Crippen LogP contribution is -1.90. The third kappa shape index (κ3) is 1.59. The van der Waals surface area contributed by atoms with Gasteiger partial charge in [-0.05, 0) is 37.0 Å². The normalized spacial score (nSPS) is 10.2. The van der Waals surface area contributed by atoms with E-state index in [1.54, 1.807) is 0 Å². The van der Waals surface area contributed by atoms with E-state index in [-0.39, 0.29) is 5.82 Å². The van der Waals surface area contributed by atoms with Crippen molar-refractivity contribution in [1.29, 1.82) is 0 Å². The molecular weight excluding hydrogens is 139 g/mol. The van der Waals surface area contributed by atoms with Gasteiger partial charge in [-0.25, -0.2) is 4.39 Å². The summed E-state index contributed by atoms with van der Waals surface area (Å²) in [7, 11) is 0. The van der Waals surface area contributed by atoms with Gasteiger partial charge in [0.1, 0.15) is 5.82 Å². The molecule has 1 aromatic rings. The summed E-state index contributed by atoms with van der Waals surface area (Å²) in [5, 5.41) is 0. The molecule has 0 N–H and O–H groups in total. The average molecular weight is 152 g/mol. The van der Waals surface area contributed by atoms with Gasteiger partial charge >= 0.3 is 0 Å². The summed E-state index contributed by atoms with van der Waals surface area (Å²) >= 11 is 0. The first-order valence-electron chi connectivity index (χ1n) is 3.90. The van der Waals surface area contributed by atoms with E-state index in [1.807, 2.05) is 26.0 Å². The van der Waals surface area contributed by atoms with Crippen LogP contribution in [-0.4, -0.2) is 0 Å². The molecule has 1 rings (SSSR count). The predicted octanol–water partition coefficient (Wildman–Crippen LogP) is 3.00. The summed E-state index contributed by atoms with van der Waals surface area (Å²) < 4.78 is 13.0. The van der Waals surface area contributed by atoms with Crippen molar-refractivity contribution >= 4 is 0 Å². The standard InChI is InChI=1S/C10H13F/c1-4-9-5-7(2)10(11)8(3)6-9/h5-6H,4H2,1-3H3. The maximum atomic E-state index is 13.0. The van der Waals surface area contributed by atoms with E-state index in [0.717, 1.165) is 17.5 Å². The Kier molecular flexibility index (Phi) is 2.28. The van der Waals surface area contributed by atoms with Crippen LogP contribution in [0, 0.1) is 19.7 Å². The molecule has 60 valence electrons. The molecule has 0 saturated heterocycles. The highest BCUT2D eigenvalue weighted by atomic mass is 19.1. The topological polar surface area (TPSA) is 0 Å². The molecule has 0 spiro atoms. The van der Waals surface area contributed by atoms with Gasteiger partial charge in [0.25, 0.3) is 0 Å². The first-order chi connectivity index (χ1) is 5.15. The monoisotopic (exact) mass is 152 g/mol. The minimum absolute atomic E-state index is 0.0674. The van der Waals surface area contributed by atoms with Crippen molar-refractivity contribution in [1.82, 2.24) is 0 Å². The molecule has 0 saturated carbocycles. The summed E-state index contributed by atoms with van der Waals surface area (Å²) in [4.78, 5) is 0. The van der Waals surface area contributed by atoms with Crippen molar-refractivity contribution in [3.05, 3.63) is 34.6 Å². The van der Waals surface area contributed by atoms with Crippen LogP contribution in [0.1, 0.15) is 23.6 Å². The van der Waals surface area contributed by atoms with Gasteiger partial charge < -0.3 is 0 Å². The minimum atomic E-state index is -0.0674. The lowest BCUT2D eigenvalue weighted by molar-refractivity contribution is 0.608. The number of hydrogen-bond acceptors (Lipinski definition) is 0. The smallest absolute Gasteiger partial charge is 0.129 e. The number of rotatable bonds is 1. The zero-order chi connectivity index (χ0) is 8.43. The van der Waals surface area contributed by atoms with Gasteiger partial charge in [-0.15, -0.1) is 0 Å². The Morgan fingerprint density at radius 3 is 2.00 bits per heavy atom. The molecule has 1 aromatic carbocycles. The van der Waals surface area contributed by atoms with E-state index in [9.17, 15) is 4.39 Å². The third-order valence-corrected chi connectivity index (χ3v) is 1.90. The molecule has 0 aliphatic carbocycles. The summed E-state index contributed by atoms with van der Waals surface area (Å²) in [6.07, 6.45) is 0.974. The highest BCUT2D eigenvalue weighted by molar-refractivity contribution is 5.30. The minimum Gasteiger partial charge on any atom is -0.206 e. The molecule has 0 fully saturated rings. The fourth-order valence-corrected chi connectivity index (χ4v) is 1.24. The molecule has 0 atom stereocenters. The van der Waals surface area contributed by atoms with E-state index in [0.29, 0.717) is 0 Å². The predicted molar refractivity (Wildman–Crippen MR) is 45.3 cm³/mol. The molecule has 0 aliphatic heterocycles. The van der Waals surface area contributed by atoms with Gasteiger partial charge in [0.2, 0.25) is 0 Å². The molecule has 0 aromatic heterocycles. The van der Waals surface area contributed by atoms with Crippen LogP contribution in [0.15, 0.2) is 12.1 Å². The van der Waals surface area contributed by atoms with Crippen molar-refractivity contribution in [3.63, 3.8) is 0 Å². The molecule has 0 bridgehead atoms. The zero-order valence-electron chi connectivity index (χ0n) is 7.24. The first kappa shape index (κ1) is 8.25. The SMILES string of the molecule is CCc1cc(C)c(F)c(C)c1. The largest absolute Gasteiger partial charge is 0.206 e. The van der Waals surface area contributed by atoms with Crippen LogP contribution in [0.2, 0.25) is 0 Å². The van der Waals surface area contributed by atoms with Gasteiger partial charge in [-0.2, -0.15) is 0 Å². The van der Waals surface area contributed by atoms with Crippen molar-refractivity contribution in [2.24, 2.45) is 0 Å². The van der Waals surface area contributed by atoms with Gasteiger partial charge in [0.05, 0.1) is 0 Å². The molecule has 1 heteroatoms. The van der Waals surface area contributed by atoms with Crippen molar-refractivity contribution in [3.8, 4) is 0 Å². The fourth-order valence-electron chi connectivity index (χ4n) is 1.24.